The van der Waals surface area contributed by atoms with E-state index in [4.69, 9.17) is 4.74 Å². The van der Waals surface area contributed by atoms with Crippen LogP contribution in [0.3, 0.4) is 0 Å². The number of amides is 1. The van der Waals surface area contributed by atoms with E-state index in [-0.39, 0.29) is 11.9 Å². The smallest absolute Gasteiger partial charge is 0.313 e. The van der Waals surface area contributed by atoms with E-state index in [1.54, 1.807) is 7.11 Å². The molecule has 1 aliphatic heterocycles. The Morgan fingerprint density at radius 3 is 2.91 bits per heavy atom. The van der Waals surface area contributed by atoms with E-state index < -0.39 is 0 Å². The molecule has 1 fully saturated rings. The normalized spacial score (nSPS) is 21.0. The van der Waals surface area contributed by atoms with Crippen LogP contribution in [-0.2, 0) is 9.53 Å². The Morgan fingerprint density at radius 1 is 1.45 bits per heavy atom. The summed E-state index contributed by atoms with van der Waals surface area (Å²) < 4.78 is 5.12. The van der Waals surface area contributed by atoms with Crippen LogP contribution in [0.4, 0.5) is 0 Å². The predicted molar refractivity (Wildman–Crippen MR) is 88.2 cm³/mol. The van der Waals surface area contributed by atoms with Crippen molar-refractivity contribution in [2.75, 3.05) is 27.2 Å². The van der Waals surface area contributed by atoms with Crippen molar-refractivity contribution in [3.05, 3.63) is 0 Å². The molecule has 1 unspecified atom stereocenters. The molecule has 1 amide bonds. The summed E-state index contributed by atoms with van der Waals surface area (Å²) >= 11 is 0. The van der Waals surface area contributed by atoms with Crippen LogP contribution in [-0.4, -0.2) is 56.0 Å². The minimum Gasteiger partial charge on any atom is -0.467 e. The largest absolute Gasteiger partial charge is 0.467 e. The molecule has 0 aromatic rings. The summed E-state index contributed by atoms with van der Waals surface area (Å²) in [6.45, 7) is 3.44. The Hall–Kier alpha value is -1.59. The summed E-state index contributed by atoms with van der Waals surface area (Å²) in [5.41, 5.74) is 0. The monoisotopic (exact) mass is 308 g/mol. The molecule has 0 radical (unpaired) electrons. The lowest BCUT2D eigenvalue weighted by molar-refractivity contribution is -0.121. The molecule has 6 nitrogen and oxygen atoms in total. The third-order valence-corrected chi connectivity index (χ3v) is 4.14. The summed E-state index contributed by atoms with van der Waals surface area (Å²) in [4.78, 5) is 22.5. The van der Waals surface area contributed by atoms with Crippen molar-refractivity contribution in [3.63, 3.8) is 0 Å². The van der Waals surface area contributed by atoms with Gasteiger partial charge >= 0.3 is 6.02 Å². The van der Waals surface area contributed by atoms with Gasteiger partial charge in [0.05, 0.1) is 13.2 Å². The molecule has 1 atom stereocenters. The van der Waals surface area contributed by atoms with Crippen LogP contribution in [0.5, 0.6) is 0 Å². The number of ether oxygens (including phenoxy) is 1. The molecule has 2 aliphatic rings. The van der Waals surface area contributed by atoms with Gasteiger partial charge in [-0.05, 0) is 25.7 Å². The van der Waals surface area contributed by atoms with Crippen LogP contribution in [0.2, 0.25) is 0 Å². The van der Waals surface area contributed by atoms with Crippen molar-refractivity contribution in [1.82, 2.24) is 10.2 Å². The SMILES string of the molecule is COC1=NC(C)CC(N(C)CCNC(=O)CCCC2CC2)=N1. The molecule has 0 spiro atoms. The van der Waals surface area contributed by atoms with Crippen LogP contribution in [0.15, 0.2) is 9.98 Å². The molecule has 0 aromatic heterocycles. The molecule has 6 heteroatoms. The van der Waals surface area contributed by atoms with Gasteiger partial charge in [0, 0.05) is 33.0 Å². The molecule has 1 N–H and O–H groups in total. The number of aliphatic imine (C=N–C) groups is 2. The zero-order chi connectivity index (χ0) is 15.9. The molecular weight excluding hydrogens is 280 g/mol. The topological polar surface area (TPSA) is 66.3 Å². The second kappa shape index (κ2) is 8.15. The third-order valence-electron chi connectivity index (χ3n) is 4.14. The Labute approximate surface area is 133 Å². The van der Waals surface area contributed by atoms with Crippen LogP contribution in [0, 0.1) is 5.92 Å². The number of hydrogen-bond donors (Lipinski definition) is 1. The van der Waals surface area contributed by atoms with E-state index in [0.29, 0.717) is 19.0 Å². The third kappa shape index (κ3) is 5.66. The summed E-state index contributed by atoms with van der Waals surface area (Å²) in [6.07, 6.45) is 6.40. The molecule has 2 rings (SSSR count). The number of nitrogens with zero attached hydrogens (tertiary/aromatic N) is 3. The Kier molecular flexibility index (Phi) is 6.21. The Balaban J connectivity index is 1.64. The van der Waals surface area contributed by atoms with E-state index in [1.165, 1.54) is 19.3 Å². The summed E-state index contributed by atoms with van der Waals surface area (Å²) in [5.74, 6) is 2.02. The number of carbonyl (C=O) groups is 1. The van der Waals surface area contributed by atoms with Crippen molar-refractivity contribution in [3.8, 4) is 0 Å². The van der Waals surface area contributed by atoms with Crippen molar-refractivity contribution >= 4 is 17.8 Å². The van der Waals surface area contributed by atoms with Crippen molar-refractivity contribution in [2.45, 2.75) is 51.5 Å². The van der Waals surface area contributed by atoms with Gasteiger partial charge in [-0.15, -0.1) is 0 Å². The van der Waals surface area contributed by atoms with Gasteiger partial charge in [-0.3, -0.25) is 4.79 Å². The highest BCUT2D eigenvalue weighted by molar-refractivity contribution is 5.95. The van der Waals surface area contributed by atoms with Gasteiger partial charge in [0.15, 0.2) is 0 Å². The second-order valence-electron chi connectivity index (χ2n) is 6.30. The van der Waals surface area contributed by atoms with Gasteiger partial charge in [-0.1, -0.05) is 12.8 Å². The maximum Gasteiger partial charge on any atom is 0.313 e. The average Bonchev–Trinajstić information content (AvgIpc) is 3.30. The number of carbonyl (C=O) groups excluding carboxylic acids is 1. The number of amidine groups is 2. The lowest BCUT2D eigenvalue weighted by Gasteiger charge is -2.25. The average molecular weight is 308 g/mol. The number of rotatable bonds is 7. The molecule has 0 aromatic carbocycles. The summed E-state index contributed by atoms with van der Waals surface area (Å²) in [7, 11) is 3.57. The van der Waals surface area contributed by atoms with E-state index >= 15 is 0 Å². The van der Waals surface area contributed by atoms with Crippen LogP contribution in [0.1, 0.15) is 45.4 Å². The standard InChI is InChI=1S/C16H28N4O2/c1-12-11-14(19-16(18-12)22-3)20(2)10-9-17-15(21)6-4-5-13-7-8-13/h12-13H,4-11H2,1-3H3,(H,17,21). The van der Waals surface area contributed by atoms with Crippen LogP contribution >= 0.6 is 0 Å². The highest BCUT2D eigenvalue weighted by Crippen LogP contribution is 2.33. The van der Waals surface area contributed by atoms with E-state index in [9.17, 15) is 4.79 Å². The highest BCUT2D eigenvalue weighted by atomic mass is 16.5. The number of methoxy groups -OCH3 is 1. The minimum atomic E-state index is 0.159. The summed E-state index contributed by atoms with van der Waals surface area (Å²) in [5, 5.41) is 2.99. The maximum atomic E-state index is 11.8. The maximum absolute atomic E-state index is 11.8. The highest BCUT2D eigenvalue weighted by Gasteiger charge is 2.21. The Bertz CT molecular complexity index is 443. The fourth-order valence-electron chi connectivity index (χ4n) is 2.56. The van der Waals surface area contributed by atoms with Crippen molar-refractivity contribution in [1.29, 1.82) is 0 Å². The zero-order valence-corrected chi connectivity index (χ0v) is 14.0. The summed E-state index contributed by atoms with van der Waals surface area (Å²) in [6, 6.07) is 0.617. The van der Waals surface area contributed by atoms with E-state index in [1.807, 2.05) is 14.0 Å². The molecule has 1 saturated carbocycles. The first-order valence-electron chi connectivity index (χ1n) is 8.25. The second-order valence-corrected chi connectivity index (χ2v) is 6.30. The molecular formula is C16H28N4O2. The van der Waals surface area contributed by atoms with Gasteiger partial charge in [-0.2, -0.15) is 4.99 Å². The Morgan fingerprint density at radius 2 is 2.23 bits per heavy atom. The van der Waals surface area contributed by atoms with Crippen LogP contribution < -0.4 is 5.32 Å². The van der Waals surface area contributed by atoms with Crippen molar-refractivity contribution in [2.24, 2.45) is 15.9 Å². The van der Waals surface area contributed by atoms with Gasteiger partial charge in [0.2, 0.25) is 5.91 Å². The zero-order valence-electron chi connectivity index (χ0n) is 14.0. The first-order valence-corrected chi connectivity index (χ1v) is 8.25. The molecule has 1 aliphatic carbocycles. The fourth-order valence-corrected chi connectivity index (χ4v) is 2.56. The van der Waals surface area contributed by atoms with Gasteiger partial charge in [-0.25, -0.2) is 4.99 Å². The molecule has 0 saturated heterocycles. The number of nitrogens with one attached hydrogen (secondary N) is 1. The van der Waals surface area contributed by atoms with E-state index in [2.05, 4.69) is 20.2 Å². The van der Waals surface area contributed by atoms with Crippen molar-refractivity contribution < 1.29 is 9.53 Å². The first kappa shape index (κ1) is 16.8. The first-order chi connectivity index (χ1) is 10.6. The molecule has 1 heterocycles. The van der Waals surface area contributed by atoms with Gasteiger partial charge in [0.1, 0.15) is 5.84 Å². The van der Waals surface area contributed by atoms with E-state index in [0.717, 1.165) is 31.1 Å². The molecule has 22 heavy (non-hydrogen) atoms. The quantitative estimate of drug-likeness (QED) is 0.780. The van der Waals surface area contributed by atoms with Gasteiger partial charge < -0.3 is 15.0 Å². The van der Waals surface area contributed by atoms with Gasteiger partial charge in [0.25, 0.3) is 0 Å². The predicted octanol–water partition coefficient (Wildman–Crippen LogP) is 1.81. The minimum absolute atomic E-state index is 0.159. The van der Waals surface area contributed by atoms with Crippen LogP contribution in [0.25, 0.3) is 0 Å². The molecule has 124 valence electrons. The lowest BCUT2D eigenvalue weighted by atomic mass is 10.2. The number of hydrogen-bond acceptors (Lipinski definition) is 5. The number of likely N-dealkylation sites (N-methyl/N-ethyl adjacent to an activating group) is 1. The molecule has 0 bridgehead atoms. The lowest BCUT2D eigenvalue weighted by Crippen LogP contribution is -2.38. The fraction of sp³-hybridized carbons (Fsp3) is 0.812.